The molecular formula is C25H36O5. The molecule has 0 radical (unpaired) electrons. The zero-order chi connectivity index (χ0) is 21.9. The van der Waals surface area contributed by atoms with Gasteiger partial charge in [0.2, 0.25) is 0 Å². The summed E-state index contributed by atoms with van der Waals surface area (Å²) >= 11 is 0. The summed E-state index contributed by atoms with van der Waals surface area (Å²) in [6.45, 7) is 10.4. The Kier molecular flexibility index (Phi) is 5.32. The lowest BCUT2D eigenvalue weighted by Gasteiger charge is -2.60. The molecule has 166 valence electrons. The van der Waals surface area contributed by atoms with Crippen molar-refractivity contribution in [3.63, 3.8) is 0 Å². The SMILES string of the molecule is CC(=CC=C1OC(=O)C=C1C)CC[C@@H]1[C@@]2(C)CCC[C@@]3(C)C(O)O[C@@H](C[C@@]1(C)O)[C@H]23. The first-order chi connectivity index (χ1) is 14.0. The molecule has 0 aromatic rings. The van der Waals surface area contributed by atoms with Gasteiger partial charge in [0.1, 0.15) is 5.76 Å². The van der Waals surface area contributed by atoms with Gasteiger partial charge in [-0.15, -0.1) is 0 Å². The molecule has 1 saturated heterocycles. The fraction of sp³-hybridized carbons (Fsp3) is 0.720. The van der Waals surface area contributed by atoms with Crippen LogP contribution in [-0.2, 0) is 14.3 Å². The third kappa shape index (κ3) is 3.39. The molecule has 2 aliphatic carbocycles. The highest BCUT2D eigenvalue weighted by molar-refractivity contribution is 5.88. The normalized spacial score (nSPS) is 47.3. The Labute approximate surface area is 179 Å². The van der Waals surface area contributed by atoms with Crippen LogP contribution in [0.2, 0.25) is 0 Å². The van der Waals surface area contributed by atoms with Gasteiger partial charge in [-0.2, -0.15) is 0 Å². The lowest BCUT2D eigenvalue weighted by molar-refractivity contribution is -0.182. The Morgan fingerprint density at radius 1 is 1.27 bits per heavy atom. The van der Waals surface area contributed by atoms with Gasteiger partial charge in [-0.25, -0.2) is 4.79 Å². The number of allylic oxidation sites excluding steroid dienone is 4. The van der Waals surface area contributed by atoms with Gasteiger partial charge < -0.3 is 19.7 Å². The molecule has 4 rings (SSSR count). The summed E-state index contributed by atoms with van der Waals surface area (Å²) in [5.41, 5.74) is 0.936. The highest BCUT2D eigenvalue weighted by Gasteiger charge is 2.68. The maximum absolute atomic E-state index is 11.4. The van der Waals surface area contributed by atoms with Gasteiger partial charge in [0.05, 0.1) is 11.7 Å². The van der Waals surface area contributed by atoms with Gasteiger partial charge in [0.15, 0.2) is 6.29 Å². The maximum Gasteiger partial charge on any atom is 0.336 e. The van der Waals surface area contributed by atoms with E-state index in [1.165, 1.54) is 11.6 Å². The molecule has 3 fully saturated rings. The highest BCUT2D eigenvalue weighted by atomic mass is 16.6. The third-order valence-electron chi connectivity index (χ3n) is 8.53. The molecule has 0 bridgehead atoms. The van der Waals surface area contributed by atoms with Gasteiger partial charge in [-0.05, 0) is 69.4 Å². The van der Waals surface area contributed by atoms with Gasteiger partial charge in [-0.3, -0.25) is 0 Å². The van der Waals surface area contributed by atoms with Crippen LogP contribution in [-0.4, -0.2) is 34.2 Å². The molecule has 0 spiro atoms. The molecule has 2 heterocycles. The molecule has 5 heteroatoms. The molecule has 1 unspecified atom stereocenters. The highest BCUT2D eigenvalue weighted by Crippen LogP contribution is 2.67. The standard InChI is InChI=1S/C25H36O5/c1-15(7-9-17-16(2)13-20(26)29-17)8-10-19-23(3)11-6-12-24(4)21(23)18(30-22(24)27)14-25(19,5)28/h7,9,13,18-19,21-22,27-28H,6,8,10-12,14H2,1-5H3/t18-,19+,21+,22?,23+,24+,25+/m0/s1. The van der Waals surface area contributed by atoms with Crippen LogP contribution in [0.1, 0.15) is 73.1 Å². The second-order valence-corrected chi connectivity index (χ2v) is 10.8. The van der Waals surface area contributed by atoms with Crippen molar-refractivity contribution in [1.29, 1.82) is 0 Å². The molecule has 2 saturated carbocycles. The maximum atomic E-state index is 11.4. The van der Waals surface area contributed by atoms with E-state index >= 15 is 0 Å². The fourth-order valence-corrected chi connectivity index (χ4v) is 7.20. The summed E-state index contributed by atoms with van der Waals surface area (Å²) in [7, 11) is 0. The Balaban J connectivity index is 1.53. The molecule has 30 heavy (non-hydrogen) atoms. The molecule has 5 nitrogen and oxygen atoms in total. The molecule has 0 amide bonds. The van der Waals surface area contributed by atoms with Crippen molar-refractivity contribution in [1.82, 2.24) is 0 Å². The summed E-state index contributed by atoms with van der Waals surface area (Å²) in [6, 6.07) is 0. The number of cyclic esters (lactones) is 1. The van der Waals surface area contributed by atoms with E-state index in [9.17, 15) is 15.0 Å². The van der Waals surface area contributed by atoms with Gasteiger partial charge in [0, 0.05) is 23.8 Å². The van der Waals surface area contributed by atoms with E-state index in [-0.39, 0.29) is 34.7 Å². The van der Waals surface area contributed by atoms with Crippen LogP contribution in [0, 0.1) is 22.7 Å². The van der Waals surface area contributed by atoms with Crippen LogP contribution >= 0.6 is 0 Å². The predicted octanol–water partition coefficient (Wildman–Crippen LogP) is 4.40. The predicted molar refractivity (Wildman–Crippen MR) is 114 cm³/mol. The molecule has 4 aliphatic rings. The van der Waals surface area contributed by atoms with Crippen molar-refractivity contribution in [3.8, 4) is 0 Å². The van der Waals surface area contributed by atoms with Crippen LogP contribution < -0.4 is 0 Å². The average Bonchev–Trinajstić information content (AvgIpc) is 3.08. The topological polar surface area (TPSA) is 76.0 Å². The summed E-state index contributed by atoms with van der Waals surface area (Å²) < 4.78 is 11.2. The monoisotopic (exact) mass is 416 g/mol. The largest absolute Gasteiger partial charge is 0.423 e. The number of esters is 1. The third-order valence-corrected chi connectivity index (χ3v) is 8.53. The first-order valence-electron chi connectivity index (χ1n) is 11.3. The van der Waals surface area contributed by atoms with Crippen molar-refractivity contribution in [2.45, 2.75) is 91.1 Å². The molecule has 7 atom stereocenters. The molecule has 0 aromatic heterocycles. The molecule has 0 aromatic carbocycles. The van der Waals surface area contributed by atoms with E-state index in [1.54, 1.807) is 0 Å². The number of rotatable bonds is 4. The summed E-state index contributed by atoms with van der Waals surface area (Å²) in [5.74, 6) is 0.712. The smallest absolute Gasteiger partial charge is 0.336 e. The van der Waals surface area contributed by atoms with E-state index < -0.39 is 11.9 Å². The van der Waals surface area contributed by atoms with Crippen LogP contribution in [0.3, 0.4) is 0 Å². The summed E-state index contributed by atoms with van der Waals surface area (Å²) in [6.07, 6.45) is 10.0. The lowest BCUT2D eigenvalue weighted by Crippen LogP contribution is -2.61. The number of aliphatic hydroxyl groups excluding tert-OH is 1. The lowest BCUT2D eigenvalue weighted by atomic mass is 9.44. The van der Waals surface area contributed by atoms with Gasteiger partial charge in [0.25, 0.3) is 0 Å². The summed E-state index contributed by atoms with van der Waals surface area (Å²) in [4.78, 5) is 11.4. The number of aliphatic hydroxyl groups is 2. The second-order valence-electron chi connectivity index (χ2n) is 10.8. The van der Waals surface area contributed by atoms with Crippen LogP contribution in [0.25, 0.3) is 0 Å². The molecule has 2 N–H and O–H groups in total. The second kappa shape index (κ2) is 7.32. The van der Waals surface area contributed by atoms with Crippen molar-refractivity contribution in [3.05, 3.63) is 35.1 Å². The fourth-order valence-electron chi connectivity index (χ4n) is 7.20. The summed E-state index contributed by atoms with van der Waals surface area (Å²) in [5, 5.41) is 22.1. The Morgan fingerprint density at radius 3 is 2.63 bits per heavy atom. The van der Waals surface area contributed by atoms with Crippen molar-refractivity contribution in [2.75, 3.05) is 0 Å². The number of carbonyl (C=O) groups is 1. The van der Waals surface area contributed by atoms with E-state index in [0.29, 0.717) is 12.2 Å². The van der Waals surface area contributed by atoms with Crippen molar-refractivity contribution >= 4 is 5.97 Å². The van der Waals surface area contributed by atoms with Crippen LogP contribution in [0.4, 0.5) is 0 Å². The van der Waals surface area contributed by atoms with E-state index in [1.807, 2.05) is 26.0 Å². The number of hydrogen-bond acceptors (Lipinski definition) is 5. The molecular weight excluding hydrogens is 380 g/mol. The van der Waals surface area contributed by atoms with Crippen LogP contribution in [0.5, 0.6) is 0 Å². The van der Waals surface area contributed by atoms with Crippen molar-refractivity contribution in [2.24, 2.45) is 22.7 Å². The first-order valence-corrected chi connectivity index (χ1v) is 11.3. The van der Waals surface area contributed by atoms with Gasteiger partial charge in [-0.1, -0.05) is 31.9 Å². The van der Waals surface area contributed by atoms with Gasteiger partial charge >= 0.3 is 5.97 Å². The zero-order valence-electron chi connectivity index (χ0n) is 18.9. The van der Waals surface area contributed by atoms with Crippen LogP contribution in [0.15, 0.2) is 35.1 Å². The minimum absolute atomic E-state index is 0.0596. The molecule has 2 aliphatic heterocycles. The van der Waals surface area contributed by atoms with E-state index in [2.05, 4.69) is 20.8 Å². The number of hydrogen-bond donors (Lipinski definition) is 2. The quantitative estimate of drug-likeness (QED) is 0.664. The Bertz CT molecular complexity index is 821. The number of carbonyl (C=O) groups excluding carboxylic acids is 1. The van der Waals surface area contributed by atoms with Crippen molar-refractivity contribution < 1.29 is 24.5 Å². The minimum atomic E-state index is -0.822. The number of ether oxygens (including phenoxy) is 2. The minimum Gasteiger partial charge on any atom is -0.423 e. The van der Waals surface area contributed by atoms with E-state index in [0.717, 1.165) is 37.7 Å². The average molecular weight is 417 g/mol. The first kappa shape index (κ1) is 21.8. The van der Waals surface area contributed by atoms with E-state index in [4.69, 9.17) is 9.47 Å². The Morgan fingerprint density at radius 2 is 1.97 bits per heavy atom. The zero-order valence-corrected chi connectivity index (χ0v) is 18.9. The Hall–Kier alpha value is -1.43.